The van der Waals surface area contributed by atoms with Gasteiger partial charge < -0.3 is 14.1 Å². The first-order chi connectivity index (χ1) is 14.6. The molecule has 0 aliphatic heterocycles. The third-order valence-corrected chi connectivity index (χ3v) is 6.25. The van der Waals surface area contributed by atoms with E-state index >= 15 is 0 Å². The van der Waals surface area contributed by atoms with Gasteiger partial charge in [0, 0.05) is 19.2 Å². The minimum absolute atomic E-state index is 0.712. The molecule has 0 fully saturated rings. The molecule has 0 atom stereocenters. The van der Waals surface area contributed by atoms with E-state index in [2.05, 4.69) is 38.6 Å². The Morgan fingerprint density at radius 2 is 1.83 bits per heavy atom. The van der Waals surface area contributed by atoms with Crippen LogP contribution in [0.25, 0.3) is 32.0 Å². The van der Waals surface area contributed by atoms with Crippen molar-refractivity contribution in [3.05, 3.63) is 66.5 Å². The number of aromatic nitrogens is 4. The van der Waals surface area contributed by atoms with Crippen molar-refractivity contribution in [1.29, 1.82) is 0 Å². The Morgan fingerprint density at radius 1 is 1.07 bits per heavy atom. The molecule has 3 aromatic heterocycles. The first kappa shape index (κ1) is 18.6. The normalized spacial score (nSPS) is 11.3. The van der Waals surface area contributed by atoms with Gasteiger partial charge in [-0.15, -0.1) is 11.3 Å². The second-order valence-corrected chi connectivity index (χ2v) is 8.23. The van der Waals surface area contributed by atoms with E-state index in [-0.39, 0.29) is 0 Å². The molecule has 0 radical (unpaired) electrons. The number of pyridine rings is 1. The highest BCUT2D eigenvalue weighted by Crippen LogP contribution is 2.36. The third kappa shape index (κ3) is 3.19. The van der Waals surface area contributed by atoms with Crippen molar-refractivity contribution in [1.82, 2.24) is 19.5 Å². The van der Waals surface area contributed by atoms with Gasteiger partial charge >= 0.3 is 0 Å². The van der Waals surface area contributed by atoms with E-state index in [4.69, 9.17) is 14.7 Å². The Labute approximate surface area is 179 Å². The number of anilines is 1. The van der Waals surface area contributed by atoms with Gasteiger partial charge in [-0.2, -0.15) is 0 Å². The van der Waals surface area contributed by atoms with Gasteiger partial charge in [-0.05, 0) is 17.7 Å². The molecule has 3 heterocycles. The molecule has 0 aliphatic rings. The Bertz CT molecular complexity index is 1330. The largest absolute Gasteiger partial charge is 0.497 e. The summed E-state index contributed by atoms with van der Waals surface area (Å²) in [7, 11) is 5.73. The number of thiazole rings is 1. The molecule has 0 N–H and O–H groups in total. The number of fused-ring (bicyclic) bond motifs is 3. The van der Waals surface area contributed by atoms with Crippen LogP contribution in [-0.2, 0) is 13.6 Å². The molecule has 148 valence electrons. The maximum atomic E-state index is 5.26. The topological polar surface area (TPSA) is 56.1 Å². The van der Waals surface area contributed by atoms with Crippen LogP contribution in [-0.4, -0.2) is 34.6 Å². The second-order valence-electron chi connectivity index (χ2n) is 7.23. The maximum Gasteiger partial charge on any atom is 0.219 e. The van der Waals surface area contributed by atoms with Gasteiger partial charge in [0.2, 0.25) is 7.98 Å². The Kier molecular flexibility index (Phi) is 4.63. The first-order valence-corrected chi connectivity index (χ1v) is 10.5. The summed E-state index contributed by atoms with van der Waals surface area (Å²) in [5.74, 6) is 1.68. The average molecular weight is 413 g/mol. The fourth-order valence-corrected chi connectivity index (χ4v) is 4.71. The van der Waals surface area contributed by atoms with Crippen molar-refractivity contribution in [3.8, 4) is 16.3 Å². The summed E-state index contributed by atoms with van der Waals surface area (Å²) in [5, 5.41) is 0.968. The van der Waals surface area contributed by atoms with E-state index < -0.39 is 0 Å². The minimum Gasteiger partial charge on any atom is -0.497 e. The van der Waals surface area contributed by atoms with Gasteiger partial charge in [-0.3, -0.25) is 0 Å². The fourth-order valence-electron chi connectivity index (χ4n) is 3.61. The number of ether oxygens (including phenoxy) is 1. The van der Waals surface area contributed by atoms with E-state index in [9.17, 15) is 0 Å². The molecule has 0 spiro atoms. The maximum absolute atomic E-state index is 5.26. The molecule has 0 aliphatic carbocycles. The molecule has 0 saturated heterocycles. The summed E-state index contributed by atoms with van der Waals surface area (Å²) in [6.45, 7) is 0.712. The lowest BCUT2D eigenvalue weighted by Crippen LogP contribution is -2.20. The molecule has 8 heteroatoms. The minimum atomic E-state index is 0.712. The molecular weight excluding hydrogens is 393 g/mol. The zero-order chi connectivity index (χ0) is 20.7. The predicted molar refractivity (Wildman–Crippen MR) is 125 cm³/mol. The van der Waals surface area contributed by atoms with Crippen molar-refractivity contribution in [2.24, 2.45) is 7.05 Å². The van der Waals surface area contributed by atoms with E-state index in [1.807, 2.05) is 51.7 Å². The molecule has 0 unspecified atom stereocenters. The SMILES string of the molecule is BN(Cc1ccc(OC)cc1)c1nc2nc(-c3ccccc3)sc2c2c1ncn2C. The summed E-state index contributed by atoms with van der Waals surface area (Å²) < 4.78 is 8.37. The molecule has 5 rings (SSSR count). The number of aryl methyl sites for hydroxylation is 1. The summed E-state index contributed by atoms with van der Waals surface area (Å²) in [5.41, 5.74) is 4.99. The Balaban J connectivity index is 1.60. The standard InChI is InChI=1S/C22H20BN5OS/c1-27-13-24-17-18(27)19-20(26-22(30-19)15-6-4-3-5-7-15)25-21(17)28(23)12-14-8-10-16(29-2)11-9-14/h3-11,13H,12,23H2,1-2H3. The van der Waals surface area contributed by atoms with E-state index in [1.165, 1.54) is 5.56 Å². The van der Waals surface area contributed by atoms with Gasteiger partial charge in [0.1, 0.15) is 26.8 Å². The van der Waals surface area contributed by atoms with Crippen LogP contribution in [0.15, 0.2) is 60.9 Å². The van der Waals surface area contributed by atoms with Crippen molar-refractivity contribution in [2.45, 2.75) is 6.54 Å². The Hall–Kier alpha value is -3.39. The van der Waals surface area contributed by atoms with Crippen LogP contribution < -0.4 is 9.55 Å². The molecule has 5 aromatic rings. The van der Waals surface area contributed by atoms with Gasteiger partial charge in [0.05, 0.1) is 19.0 Å². The van der Waals surface area contributed by atoms with Crippen LogP contribution in [0.2, 0.25) is 0 Å². The van der Waals surface area contributed by atoms with Crippen molar-refractivity contribution in [2.75, 3.05) is 11.9 Å². The first-order valence-electron chi connectivity index (χ1n) is 9.65. The van der Waals surface area contributed by atoms with Crippen LogP contribution >= 0.6 is 11.3 Å². The third-order valence-electron chi connectivity index (χ3n) is 5.15. The number of rotatable bonds is 5. The number of nitrogens with zero attached hydrogens (tertiary/aromatic N) is 5. The molecule has 2 aromatic carbocycles. The molecule has 0 bridgehead atoms. The predicted octanol–water partition coefficient (Wildman–Crippen LogP) is 3.81. The molecular formula is C22H20BN5OS. The number of hydrogen-bond acceptors (Lipinski definition) is 6. The number of methoxy groups -OCH3 is 1. The lowest BCUT2D eigenvalue weighted by atomic mass is 10.1. The molecule has 30 heavy (non-hydrogen) atoms. The summed E-state index contributed by atoms with van der Waals surface area (Å²) >= 11 is 1.66. The van der Waals surface area contributed by atoms with Crippen molar-refractivity contribution < 1.29 is 4.74 Å². The summed E-state index contributed by atoms with van der Waals surface area (Å²) in [6.07, 6.45) is 1.85. The zero-order valence-corrected chi connectivity index (χ0v) is 17.8. The number of imidazole rings is 1. The van der Waals surface area contributed by atoms with E-state index in [1.54, 1.807) is 18.4 Å². The quantitative estimate of drug-likeness (QED) is 0.410. The van der Waals surface area contributed by atoms with Gasteiger partial charge in [0.15, 0.2) is 5.65 Å². The molecule has 0 saturated carbocycles. The second kappa shape index (κ2) is 7.46. The van der Waals surface area contributed by atoms with Crippen molar-refractivity contribution >= 4 is 46.5 Å². The highest BCUT2D eigenvalue weighted by Gasteiger charge is 2.19. The molecule has 0 amide bonds. The van der Waals surface area contributed by atoms with E-state index in [0.717, 1.165) is 43.5 Å². The number of benzene rings is 2. The van der Waals surface area contributed by atoms with Gasteiger partial charge in [-0.1, -0.05) is 42.5 Å². The summed E-state index contributed by atoms with van der Waals surface area (Å²) in [4.78, 5) is 16.5. The van der Waals surface area contributed by atoms with E-state index in [0.29, 0.717) is 6.54 Å². The molecule has 6 nitrogen and oxygen atoms in total. The highest BCUT2D eigenvalue weighted by atomic mass is 32.1. The van der Waals surface area contributed by atoms with Crippen LogP contribution in [0.3, 0.4) is 0 Å². The zero-order valence-electron chi connectivity index (χ0n) is 17.0. The van der Waals surface area contributed by atoms with Crippen LogP contribution in [0.1, 0.15) is 5.56 Å². The van der Waals surface area contributed by atoms with Crippen LogP contribution in [0.4, 0.5) is 5.82 Å². The Morgan fingerprint density at radius 3 is 2.57 bits per heavy atom. The lowest BCUT2D eigenvalue weighted by molar-refractivity contribution is 0.414. The highest BCUT2D eigenvalue weighted by molar-refractivity contribution is 7.22. The van der Waals surface area contributed by atoms with Crippen molar-refractivity contribution in [3.63, 3.8) is 0 Å². The van der Waals surface area contributed by atoms with Gasteiger partial charge in [0.25, 0.3) is 0 Å². The lowest BCUT2D eigenvalue weighted by Gasteiger charge is -2.19. The van der Waals surface area contributed by atoms with Gasteiger partial charge in [-0.25, -0.2) is 15.0 Å². The fraction of sp³-hybridized carbons (Fsp3) is 0.136. The summed E-state index contributed by atoms with van der Waals surface area (Å²) in [6, 6.07) is 18.3. The van der Waals surface area contributed by atoms with Crippen LogP contribution in [0, 0.1) is 0 Å². The monoisotopic (exact) mass is 413 g/mol. The van der Waals surface area contributed by atoms with Crippen LogP contribution in [0.5, 0.6) is 5.75 Å². The number of hydrogen-bond donors (Lipinski definition) is 0. The average Bonchev–Trinajstić information content (AvgIpc) is 3.38. The smallest absolute Gasteiger partial charge is 0.219 e.